The van der Waals surface area contributed by atoms with E-state index in [9.17, 15) is 4.79 Å². The van der Waals surface area contributed by atoms with Gasteiger partial charge in [-0.05, 0) is 23.9 Å². The summed E-state index contributed by atoms with van der Waals surface area (Å²) in [5, 5.41) is 4.77. The Morgan fingerprint density at radius 1 is 1.47 bits per heavy atom. The van der Waals surface area contributed by atoms with Crippen LogP contribution < -0.4 is 4.74 Å². The number of esters is 1. The van der Waals surface area contributed by atoms with Gasteiger partial charge >= 0.3 is 5.97 Å². The molecule has 0 aliphatic heterocycles. The maximum atomic E-state index is 11.7. The Labute approximate surface area is 121 Å². The van der Waals surface area contributed by atoms with E-state index >= 15 is 0 Å². The molecule has 0 bridgehead atoms. The molecule has 0 N–H and O–H groups in total. The molecule has 108 valence electrons. The lowest BCUT2D eigenvalue weighted by molar-refractivity contribution is -0.144. The number of alkyl halides is 1. The van der Waals surface area contributed by atoms with Gasteiger partial charge in [-0.3, -0.25) is 4.79 Å². The number of halogens is 1. The summed E-state index contributed by atoms with van der Waals surface area (Å²) in [6.45, 7) is 4.45. The van der Waals surface area contributed by atoms with Crippen molar-refractivity contribution < 1.29 is 18.8 Å². The number of methoxy groups -OCH3 is 1. The third kappa shape index (κ3) is 4.86. The molecule has 1 atom stereocenters. The van der Waals surface area contributed by atoms with Crippen LogP contribution >= 0.6 is 15.9 Å². The molecule has 0 amide bonds. The fourth-order valence-electron chi connectivity index (χ4n) is 1.70. The van der Waals surface area contributed by atoms with Gasteiger partial charge in [0, 0.05) is 11.4 Å². The van der Waals surface area contributed by atoms with E-state index in [1.165, 1.54) is 7.11 Å². The van der Waals surface area contributed by atoms with Crippen LogP contribution in [-0.4, -0.2) is 30.2 Å². The predicted molar refractivity (Wildman–Crippen MR) is 74.6 cm³/mol. The summed E-state index contributed by atoms with van der Waals surface area (Å²) in [4.78, 5) is 11.7. The molecule has 0 aromatic carbocycles. The Hall–Kier alpha value is -1.04. The van der Waals surface area contributed by atoms with Crippen molar-refractivity contribution in [3.05, 3.63) is 11.8 Å². The first-order valence-electron chi connectivity index (χ1n) is 6.33. The first-order valence-corrected chi connectivity index (χ1v) is 7.45. The van der Waals surface area contributed by atoms with E-state index < -0.39 is 5.92 Å². The van der Waals surface area contributed by atoms with Gasteiger partial charge in [-0.15, -0.1) is 0 Å². The summed E-state index contributed by atoms with van der Waals surface area (Å²) in [7, 11) is 1.37. The summed E-state index contributed by atoms with van der Waals surface area (Å²) in [5.74, 6) is 0.201. The van der Waals surface area contributed by atoms with Crippen molar-refractivity contribution in [1.29, 1.82) is 0 Å². The Balaban J connectivity index is 2.63. The molecule has 5 nitrogen and oxygen atoms in total. The predicted octanol–water partition coefficient (Wildman–Crippen LogP) is 3.14. The average Bonchev–Trinajstić information content (AvgIpc) is 2.82. The molecule has 0 saturated heterocycles. The second-order valence-electron chi connectivity index (χ2n) is 4.56. The summed E-state index contributed by atoms with van der Waals surface area (Å²) in [6, 6.07) is 1.66. The van der Waals surface area contributed by atoms with E-state index in [-0.39, 0.29) is 11.9 Å². The monoisotopic (exact) mass is 333 g/mol. The Bertz CT molecular complexity index is 392. The smallest absolute Gasteiger partial charge is 0.316 e. The summed E-state index contributed by atoms with van der Waals surface area (Å²) in [5.41, 5.74) is 0. The SMILES string of the molecule is COC(=O)C(c1cc(OCCCCBr)no1)C(C)C. The van der Waals surface area contributed by atoms with Crippen LogP contribution in [0.15, 0.2) is 10.6 Å². The van der Waals surface area contributed by atoms with Crippen molar-refractivity contribution in [2.45, 2.75) is 32.6 Å². The van der Waals surface area contributed by atoms with Gasteiger partial charge in [0.05, 0.1) is 13.7 Å². The number of ether oxygens (including phenoxy) is 2. The van der Waals surface area contributed by atoms with E-state index in [4.69, 9.17) is 14.0 Å². The molecule has 6 heteroatoms. The van der Waals surface area contributed by atoms with Crippen molar-refractivity contribution in [2.24, 2.45) is 5.92 Å². The standard InChI is InChI=1S/C13H20BrNO4/c1-9(2)12(13(16)17-3)10-8-11(15-19-10)18-7-5-4-6-14/h8-9,12H,4-7H2,1-3H3. The zero-order chi connectivity index (χ0) is 14.3. The molecule has 0 spiro atoms. The molecule has 1 rings (SSSR count). The van der Waals surface area contributed by atoms with Crippen LogP contribution in [0.1, 0.15) is 38.4 Å². The van der Waals surface area contributed by atoms with Crippen LogP contribution in [0.3, 0.4) is 0 Å². The summed E-state index contributed by atoms with van der Waals surface area (Å²) < 4.78 is 15.4. The maximum Gasteiger partial charge on any atom is 0.316 e. The number of hydrogen-bond donors (Lipinski definition) is 0. The van der Waals surface area contributed by atoms with E-state index in [1.807, 2.05) is 13.8 Å². The fraction of sp³-hybridized carbons (Fsp3) is 0.692. The van der Waals surface area contributed by atoms with Gasteiger partial charge in [-0.1, -0.05) is 29.8 Å². The molecule has 0 saturated carbocycles. The van der Waals surface area contributed by atoms with Crippen LogP contribution in [0.2, 0.25) is 0 Å². The van der Waals surface area contributed by atoms with Gasteiger partial charge in [0.15, 0.2) is 5.76 Å². The van der Waals surface area contributed by atoms with Gasteiger partial charge in [0.25, 0.3) is 5.88 Å². The number of carbonyl (C=O) groups is 1. The third-order valence-corrected chi connectivity index (χ3v) is 3.27. The maximum absolute atomic E-state index is 11.7. The van der Waals surface area contributed by atoms with Crippen LogP contribution in [-0.2, 0) is 9.53 Å². The van der Waals surface area contributed by atoms with Crippen molar-refractivity contribution in [2.75, 3.05) is 19.0 Å². The third-order valence-electron chi connectivity index (χ3n) is 2.71. The quantitative estimate of drug-likeness (QED) is 0.415. The minimum atomic E-state index is -0.447. The van der Waals surface area contributed by atoms with Crippen LogP contribution in [0.4, 0.5) is 0 Å². The number of hydrogen-bond acceptors (Lipinski definition) is 5. The molecular weight excluding hydrogens is 314 g/mol. The highest BCUT2D eigenvalue weighted by Crippen LogP contribution is 2.28. The lowest BCUT2D eigenvalue weighted by Crippen LogP contribution is -2.19. The molecule has 0 aliphatic rings. The zero-order valence-corrected chi connectivity index (χ0v) is 13.1. The largest absolute Gasteiger partial charge is 0.476 e. The number of unbranched alkanes of at least 4 members (excludes halogenated alkanes) is 1. The van der Waals surface area contributed by atoms with E-state index in [2.05, 4.69) is 21.1 Å². The summed E-state index contributed by atoms with van der Waals surface area (Å²) >= 11 is 3.36. The second kappa shape index (κ2) is 8.19. The minimum absolute atomic E-state index is 0.0710. The van der Waals surface area contributed by atoms with Gasteiger partial charge in [0.1, 0.15) is 5.92 Å². The Morgan fingerprint density at radius 3 is 2.79 bits per heavy atom. The number of aromatic nitrogens is 1. The fourth-order valence-corrected chi connectivity index (χ4v) is 2.10. The topological polar surface area (TPSA) is 61.6 Å². The molecule has 1 aromatic heterocycles. The number of carbonyl (C=O) groups excluding carboxylic acids is 1. The van der Waals surface area contributed by atoms with Crippen molar-refractivity contribution in [3.63, 3.8) is 0 Å². The lowest BCUT2D eigenvalue weighted by atomic mass is 9.93. The van der Waals surface area contributed by atoms with Gasteiger partial charge < -0.3 is 14.0 Å². The first kappa shape index (κ1) is 16.0. The van der Waals surface area contributed by atoms with Gasteiger partial charge in [-0.25, -0.2) is 0 Å². The lowest BCUT2D eigenvalue weighted by Gasteiger charge is -2.14. The number of rotatable bonds is 8. The Morgan fingerprint density at radius 2 is 2.21 bits per heavy atom. The first-order chi connectivity index (χ1) is 9.10. The summed E-state index contributed by atoms with van der Waals surface area (Å²) in [6.07, 6.45) is 1.99. The van der Waals surface area contributed by atoms with Crippen LogP contribution in [0, 0.1) is 5.92 Å². The van der Waals surface area contributed by atoms with Crippen molar-refractivity contribution in [1.82, 2.24) is 5.16 Å². The molecular formula is C13H20BrNO4. The highest BCUT2D eigenvalue weighted by atomic mass is 79.9. The second-order valence-corrected chi connectivity index (χ2v) is 5.35. The normalized spacial score (nSPS) is 12.5. The zero-order valence-electron chi connectivity index (χ0n) is 11.5. The van der Waals surface area contributed by atoms with Gasteiger partial charge in [-0.2, -0.15) is 0 Å². The molecule has 0 radical (unpaired) electrons. The van der Waals surface area contributed by atoms with Crippen LogP contribution in [0.5, 0.6) is 5.88 Å². The molecule has 1 aromatic rings. The molecule has 1 heterocycles. The molecule has 1 unspecified atom stereocenters. The average molecular weight is 334 g/mol. The van der Waals surface area contributed by atoms with E-state index in [1.54, 1.807) is 6.07 Å². The Kier molecular flexibility index (Phi) is 6.91. The highest BCUT2D eigenvalue weighted by molar-refractivity contribution is 9.09. The minimum Gasteiger partial charge on any atom is -0.476 e. The van der Waals surface area contributed by atoms with Crippen LogP contribution in [0.25, 0.3) is 0 Å². The highest BCUT2D eigenvalue weighted by Gasteiger charge is 2.29. The molecule has 19 heavy (non-hydrogen) atoms. The number of nitrogens with zero attached hydrogens (tertiary/aromatic N) is 1. The molecule has 0 fully saturated rings. The van der Waals surface area contributed by atoms with E-state index in [0.29, 0.717) is 18.2 Å². The van der Waals surface area contributed by atoms with Crippen molar-refractivity contribution in [3.8, 4) is 5.88 Å². The van der Waals surface area contributed by atoms with Crippen molar-refractivity contribution >= 4 is 21.9 Å². The molecule has 0 aliphatic carbocycles. The van der Waals surface area contributed by atoms with E-state index in [0.717, 1.165) is 18.2 Å². The van der Waals surface area contributed by atoms with Gasteiger partial charge in [0.2, 0.25) is 0 Å².